The van der Waals surface area contributed by atoms with Crippen molar-refractivity contribution in [2.24, 2.45) is 0 Å². The molecule has 0 radical (unpaired) electrons. The summed E-state index contributed by atoms with van der Waals surface area (Å²) in [4.78, 5) is 38.3. The second kappa shape index (κ2) is 64.1. The van der Waals surface area contributed by atoms with E-state index in [2.05, 4.69) is 106 Å². The van der Waals surface area contributed by atoms with Gasteiger partial charge in [-0.05, 0) is 109 Å². The van der Waals surface area contributed by atoms with E-state index in [1.807, 2.05) is 0 Å². The van der Waals surface area contributed by atoms with Crippen molar-refractivity contribution in [1.82, 2.24) is 0 Å². The maximum atomic E-state index is 12.9. The monoisotopic (exact) mass is 1060 g/mol. The third-order valence-electron chi connectivity index (χ3n) is 14.1. The Hall–Kier alpha value is -3.41. The molecular formula is C70H122O6. The molecule has 0 spiro atoms. The van der Waals surface area contributed by atoms with Crippen molar-refractivity contribution >= 4 is 17.9 Å². The molecule has 6 heteroatoms. The van der Waals surface area contributed by atoms with E-state index < -0.39 is 6.10 Å². The predicted octanol–water partition coefficient (Wildman–Crippen LogP) is 22.3. The van der Waals surface area contributed by atoms with Crippen LogP contribution in [0.15, 0.2) is 85.1 Å². The SMILES string of the molecule is CC/C=C\C/C=C\C/C=C\C/C=C\CCCCCCCCCCCCCCCCCCC(=O)OCC(COC(=O)CCCCCCC/C=C\C/C=C\CCCC)OC(=O)CCCCCCC/C=C\CCCCCCCC. The Kier molecular flexibility index (Phi) is 61.2. The number of allylic oxidation sites excluding steroid dienone is 14. The van der Waals surface area contributed by atoms with Gasteiger partial charge in [0.05, 0.1) is 0 Å². The lowest BCUT2D eigenvalue weighted by atomic mass is 10.0. The summed E-state index contributed by atoms with van der Waals surface area (Å²) in [6.07, 6.45) is 84.5. The molecule has 0 N–H and O–H groups in total. The number of esters is 3. The fraction of sp³-hybridized carbons (Fsp3) is 0.757. The van der Waals surface area contributed by atoms with E-state index in [1.165, 1.54) is 167 Å². The molecule has 1 atom stereocenters. The molecule has 0 aromatic carbocycles. The minimum absolute atomic E-state index is 0.0818. The Morgan fingerprint density at radius 1 is 0.276 bits per heavy atom. The van der Waals surface area contributed by atoms with Gasteiger partial charge in [0.25, 0.3) is 0 Å². The zero-order valence-electron chi connectivity index (χ0n) is 50.3. The Balaban J connectivity index is 4.23. The molecule has 0 amide bonds. The Labute approximate surface area is 471 Å². The first-order valence-electron chi connectivity index (χ1n) is 32.6. The van der Waals surface area contributed by atoms with E-state index >= 15 is 0 Å². The number of rotatable bonds is 59. The molecule has 0 aliphatic rings. The van der Waals surface area contributed by atoms with Gasteiger partial charge >= 0.3 is 17.9 Å². The van der Waals surface area contributed by atoms with Crippen LogP contribution in [-0.4, -0.2) is 37.2 Å². The standard InChI is InChI=1S/C70H122O6/c1-4-7-10-13-16-19-22-25-28-29-30-31-32-33-34-35-36-37-38-39-40-41-43-45-48-51-54-57-60-63-69(72)75-66-67(65-74-68(71)62-59-56-53-50-47-44-27-24-21-18-15-12-9-6-3)76-70(73)64-61-58-55-52-49-46-42-26-23-20-17-14-11-8-5-2/h7,10,15-16,18-19,24-28,30-31,42,67H,4-6,8-9,11-14,17,20-23,29,32-41,43-66H2,1-3H3/b10-7-,18-15-,19-16-,27-24-,28-25-,31-30-,42-26-. The molecule has 76 heavy (non-hydrogen) atoms. The Bertz CT molecular complexity index is 1450. The van der Waals surface area contributed by atoms with E-state index in [4.69, 9.17) is 14.2 Å². The molecule has 6 nitrogen and oxygen atoms in total. The van der Waals surface area contributed by atoms with Crippen molar-refractivity contribution < 1.29 is 28.6 Å². The quantitative estimate of drug-likeness (QED) is 0.0261. The highest BCUT2D eigenvalue weighted by Gasteiger charge is 2.19. The van der Waals surface area contributed by atoms with Crippen LogP contribution < -0.4 is 0 Å². The Morgan fingerprint density at radius 2 is 0.526 bits per heavy atom. The molecule has 0 aromatic heterocycles. The summed E-state index contributed by atoms with van der Waals surface area (Å²) in [5.74, 6) is -0.892. The Morgan fingerprint density at radius 3 is 0.855 bits per heavy atom. The first kappa shape index (κ1) is 72.6. The van der Waals surface area contributed by atoms with Gasteiger partial charge < -0.3 is 14.2 Å². The molecule has 0 fully saturated rings. The molecule has 0 aliphatic heterocycles. The van der Waals surface area contributed by atoms with Gasteiger partial charge in [-0.25, -0.2) is 0 Å². The summed E-state index contributed by atoms with van der Waals surface area (Å²) in [6.45, 7) is 6.49. The smallest absolute Gasteiger partial charge is 0.306 e. The van der Waals surface area contributed by atoms with E-state index in [0.29, 0.717) is 19.3 Å². The van der Waals surface area contributed by atoms with Gasteiger partial charge in [-0.1, -0.05) is 279 Å². The maximum Gasteiger partial charge on any atom is 0.306 e. The second-order valence-electron chi connectivity index (χ2n) is 21.6. The highest BCUT2D eigenvalue weighted by atomic mass is 16.6. The lowest BCUT2D eigenvalue weighted by Gasteiger charge is -2.18. The summed E-state index contributed by atoms with van der Waals surface area (Å²) in [7, 11) is 0. The molecule has 0 saturated carbocycles. The van der Waals surface area contributed by atoms with Crippen LogP contribution in [0.25, 0.3) is 0 Å². The zero-order valence-corrected chi connectivity index (χ0v) is 50.3. The minimum Gasteiger partial charge on any atom is -0.462 e. The average molecular weight is 1060 g/mol. The number of hydrogen-bond donors (Lipinski definition) is 0. The summed E-state index contributed by atoms with van der Waals surface area (Å²) in [5, 5.41) is 0. The highest BCUT2D eigenvalue weighted by molar-refractivity contribution is 5.71. The molecule has 0 heterocycles. The zero-order chi connectivity index (χ0) is 55.0. The van der Waals surface area contributed by atoms with E-state index in [9.17, 15) is 14.4 Å². The molecule has 0 bridgehead atoms. The summed E-state index contributed by atoms with van der Waals surface area (Å²) >= 11 is 0. The lowest BCUT2D eigenvalue weighted by molar-refractivity contribution is -0.167. The topological polar surface area (TPSA) is 78.9 Å². The minimum atomic E-state index is -0.786. The van der Waals surface area contributed by atoms with Gasteiger partial charge in [0.15, 0.2) is 6.10 Å². The van der Waals surface area contributed by atoms with Crippen LogP contribution in [0.3, 0.4) is 0 Å². The number of carbonyl (C=O) groups excluding carboxylic acids is 3. The van der Waals surface area contributed by atoms with Gasteiger partial charge in [0.1, 0.15) is 13.2 Å². The number of hydrogen-bond acceptors (Lipinski definition) is 6. The van der Waals surface area contributed by atoms with Crippen molar-refractivity contribution in [3.63, 3.8) is 0 Å². The molecule has 0 rings (SSSR count). The fourth-order valence-electron chi connectivity index (χ4n) is 9.21. The lowest BCUT2D eigenvalue weighted by Crippen LogP contribution is -2.30. The van der Waals surface area contributed by atoms with Gasteiger partial charge in [-0.3, -0.25) is 14.4 Å². The fourth-order valence-corrected chi connectivity index (χ4v) is 9.21. The molecule has 1 unspecified atom stereocenters. The normalized spacial score (nSPS) is 12.6. The first-order chi connectivity index (χ1) is 37.5. The van der Waals surface area contributed by atoms with Crippen molar-refractivity contribution in [1.29, 1.82) is 0 Å². The molecule has 438 valence electrons. The van der Waals surface area contributed by atoms with Crippen LogP contribution in [0.1, 0.15) is 323 Å². The van der Waals surface area contributed by atoms with Crippen molar-refractivity contribution in [2.75, 3.05) is 13.2 Å². The van der Waals surface area contributed by atoms with Gasteiger partial charge in [-0.15, -0.1) is 0 Å². The van der Waals surface area contributed by atoms with E-state index in [0.717, 1.165) is 116 Å². The average Bonchev–Trinajstić information content (AvgIpc) is 3.42. The van der Waals surface area contributed by atoms with Crippen molar-refractivity contribution in [3.8, 4) is 0 Å². The number of carbonyl (C=O) groups is 3. The predicted molar refractivity (Wildman–Crippen MR) is 330 cm³/mol. The van der Waals surface area contributed by atoms with Gasteiger partial charge in [-0.2, -0.15) is 0 Å². The van der Waals surface area contributed by atoms with E-state index in [-0.39, 0.29) is 31.1 Å². The molecule has 0 aliphatic carbocycles. The largest absolute Gasteiger partial charge is 0.462 e. The van der Waals surface area contributed by atoms with Crippen LogP contribution in [0, 0.1) is 0 Å². The number of unbranched alkanes of at least 4 members (excludes halogenated alkanes) is 34. The van der Waals surface area contributed by atoms with Crippen LogP contribution in [-0.2, 0) is 28.6 Å². The first-order valence-corrected chi connectivity index (χ1v) is 32.6. The van der Waals surface area contributed by atoms with Crippen LogP contribution in [0.4, 0.5) is 0 Å². The van der Waals surface area contributed by atoms with Gasteiger partial charge in [0.2, 0.25) is 0 Å². The second-order valence-corrected chi connectivity index (χ2v) is 21.6. The summed E-state index contributed by atoms with van der Waals surface area (Å²) in [5.41, 5.74) is 0. The maximum absolute atomic E-state index is 12.9. The van der Waals surface area contributed by atoms with E-state index in [1.54, 1.807) is 0 Å². The third kappa shape index (κ3) is 61.4. The van der Waals surface area contributed by atoms with Crippen LogP contribution in [0.5, 0.6) is 0 Å². The number of ether oxygens (including phenoxy) is 3. The summed E-state index contributed by atoms with van der Waals surface area (Å²) in [6, 6.07) is 0. The molecule has 0 saturated heterocycles. The van der Waals surface area contributed by atoms with Crippen molar-refractivity contribution in [3.05, 3.63) is 85.1 Å². The molecular weight excluding hydrogens is 937 g/mol. The van der Waals surface area contributed by atoms with Crippen molar-refractivity contribution in [2.45, 2.75) is 329 Å². The highest BCUT2D eigenvalue weighted by Crippen LogP contribution is 2.17. The molecule has 0 aromatic rings. The van der Waals surface area contributed by atoms with Gasteiger partial charge in [0, 0.05) is 19.3 Å². The van der Waals surface area contributed by atoms with Crippen LogP contribution >= 0.6 is 0 Å². The summed E-state index contributed by atoms with van der Waals surface area (Å²) < 4.78 is 16.9. The third-order valence-corrected chi connectivity index (χ3v) is 14.1. The van der Waals surface area contributed by atoms with Crippen LogP contribution in [0.2, 0.25) is 0 Å².